The van der Waals surface area contributed by atoms with Crippen molar-refractivity contribution in [2.45, 2.75) is 25.7 Å². The van der Waals surface area contributed by atoms with Gasteiger partial charge < -0.3 is 19.9 Å². The van der Waals surface area contributed by atoms with Crippen molar-refractivity contribution < 1.29 is 9.53 Å². The third kappa shape index (κ3) is 6.88. The molecule has 2 aliphatic rings. The van der Waals surface area contributed by atoms with Crippen LogP contribution in [0.25, 0.3) is 0 Å². The Hall–Kier alpha value is -2.35. The van der Waals surface area contributed by atoms with E-state index in [9.17, 15) is 4.79 Å². The Balaban J connectivity index is 1.35. The van der Waals surface area contributed by atoms with Crippen LogP contribution in [0, 0.1) is 0 Å². The van der Waals surface area contributed by atoms with Crippen molar-refractivity contribution in [3.63, 3.8) is 0 Å². The van der Waals surface area contributed by atoms with Crippen LogP contribution in [0.2, 0.25) is 0 Å². The lowest BCUT2D eigenvalue weighted by molar-refractivity contribution is -0.132. The Morgan fingerprint density at radius 2 is 1.86 bits per heavy atom. The number of aromatic nitrogens is 1. The van der Waals surface area contributed by atoms with Crippen LogP contribution in [-0.2, 0) is 4.79 Å². The maximum absolute atomic E-state index is 12.6. The van der Waals surface area contributed by atoms with Crippen molar-refractivity contribution in [1.82, 2.24) is 25.0 Å². The molecule has 8 nitrogen and oxygen atoms in total. The number of pyridine rings is 1. The fraction of sp³-hybridized carbons (Fsp3) is 0.667. The normalized spacial score (nSPS) is 19.0. The predicted molar refractivity (Wildman–Crippen MR) is 114 cm³/mol. The van der Waals surface area contributed by atoms with E-state index in [1.807, 2.05) is 12.1 Å². The van der Waals surface area contributed by atoms with Crippen LogP contribution in [0.15, 0.2) is 29.5 Å². The van der Waals surface area contributed by atoms with E-state index in [1.54, 1.807) is 19.4 Å². The number of carbonyl (C=O) groups excluding carboxylic acids is 1. The van der Waals surface area contributed by atoms with Gasteiger partial charge >= 0.3 is 0 Å². The number of carbonyl (C=O) groups is 1. The van der Waals surface area contributed by atoms with Crippen molar-refractivity contribution >= 4 is 11.9 Å². The van der Waals surface area contributed by atoms with Gasteiger partial charge in [-0.2, -0.15) is 0 Å². The average molecular weight is 403 g/mol. The predicted octanol–water partition coefficient (Wildman–Crippen LogP) is 1.06. The molecular weight excluding hydrogens is 368 g/mol. The first-order chi connectivity index (χ1) is 14.3. The van der Waals surface area contributed by atoms with Crippen LogP contribution in [0.4, 0.5) is 0 Å². The van der Waals surface area contributed by atoms with Crippen LogP contribution in [-0.4, -0.2) is 97.6 Å². The van der Waals surface area contributed by atoms with Gasteiger partial charge in [0.2, 0.25) is 5.91 Å². The topological polar surface area (TPSA) is 73.3 Å². The monoisotopic (exact) mass is 402 g/mol. The zero-order chi connectivity index (χ0) is 20.3. The molecule has 0 radical (unpaired) electrons. The van der Waals surface area contributed by atoms with Crippen molar-refractivity contribution in [2.24, 2.45) is 4.99 Å². The number of rotatable bonds is 6. The zero-order valence-corrected chi connectivity index (χ0v) is 17.6. The summed E-state index contributed by atoms with van der Waals surface area (Å²) >= 11 is 0. The van der Waals surface area contributed by atoms with E-state index < -0.39 is 0 Å². The van der Waals surface area contributed by atoms with Gasteiger partial charge in [0.25, 0.3) is 0 Å². The maximum atomic E-state index is 12.6. The summed E-state index contributed by atoms with van der Waals surface area (Å²) in [6.07, 6.45) is 8.23. The van der Waals surface area contributed by atoms with Crippen LogP contribution < -0.4 is 10.1 Å². The molecule has 0 unspecified atom stereocenters. The second-order valence-corrected chi connectivity index (χ2v) is 7.57. The lowest BCUT2D eigenvalue weighted by atomic mass is 10.2. The molecule has 2 saturated heterocycles. The average Bonchev–Trinajstić information content (AvgIpc) is 3.05. The minimum Gasteiger partial charge on any atom is -0.490 e. The third-order valence-electron chi connectivity index (χ3n) is 5.49. The number of ether oxygens (including phenoxy) is 1. The molecular formula is C21H34N6O2. The highest BCUT2D eigenvalue weighted by atomic mass is 16.5. The van der Waals surface area contributed by atoms with Crippen molar-refractivity contribution in [2.75, 3.05) is 66.0 Å². The van der Waals surface area contributed by atoms with E-state index in [-0.39, 0.29) is 5.91 Å². The Bertz CT molecular complexity index is 638. The molecule has 0 aliphatic carbocycles. The number of piperazine rings is 1. The number of nitrogens with one attached hydrogen (secondary N) is 1. The Kier molecular flexibility index (Phi) is 8.55. The summed E-state index contributed by atoms with van der Waals surface area (Å²) in [5, 5.41) is 3.36. The molecule has 0 aromatic carbocycles. The summed E-state index contributed by atoms with van der Waals surface area (Å²) in [6, 6.07) is 3.76. The van der Waals surface area contributed by atoms with Gasteiger partial charge in [-0.1, -0.05) is 12.8 Å². The number of nitrogens with zero attached hydrogens (tertiary/aromatic N) is 5. The molecule has 1 amide bonds. The van der Waals surface area contributed by atoms with Gasteiger partial charge in [0, 0.05) is 52.5 Å². The highest BCUT2D eigenvalue weighted by Gasteiger charge is 2.23. The standard InChI is InChI=1S/C21H34N6O2/c1-22-21(24-9-16-29-19-7-6-8-23-17-19)27-14-12-25(13-15-27)18-20(28)26-10-4-2-3-5-11-26/h6-8,17H,2-5,9-16,18H2,1H3,(H,22,24). The minimum atomic E-state index is 0.287. The molecule has 2 aliphatic heterocycles. The van der Waals surface area contributed by atoms with Gasteiger partial charge in [0.1, 0.15) is 12.4 Å². The summed E-state index contributed by atoms with van der Waals surface area (Å²) in [7, 11) is 1.81. The molecule has 8 heteroatoms. The van der Waals surface area contributed by atoms with Crippen molar-refractivity contribution in [3.05, 3.63) is 24.5 Å². The molecule has 0 saturated carbocycles. The number of aliphatic imine (C=N–C) groups is 1. The van der Waals surface area contributed by atoms with Gasteiger partial charge in [0.05, 0.1) is 19.3 Å². The van der Waals surface area contributed by atoms with E-state index in [1.165, 1.54) is 12.8 Å². The summed E-state index contributed by atoms with van der Waals surface area (Å²) in [4.78, 5) is 27.6. The highest BCUT2D eigenvalue weighted by Crippen LogP contribution is 2.11. The third-order valence-corrected chi connectivity index (χ3v) is 5.49. The molecule has 3 rings (SSSR count). The fourth-order valence-corrected chi connectivity index (χ4v) is 3.83. The Morgan fingerprint density at radius 1 is 1.10 bits per heavy atom. The molecule has 2 fully saturated rings. The van der Waals surface area contributed by atoms with Gasteiger partial charge in [-0.15, -0.1) is 0 Å². The van der Waals surface area contributed by atoms with Crippen LogP contribution >= 0.6 is 0 Å². The van der Waals surface area contributed by atoms with Crippen LogP contribution in [0.1, 0.15) is 25.7 Å². The molecule has 29 heavy (non-hydrogen) atoms. The maximum Gasteiger partial charge on any atom is 0.236 e. The first-order valence-electron chi connectivity index (χ1n) is 10.7. The summed E-state index contributed by atoms with van der Waals surface area (Å²) in [6.45, 7) is 7.13. The van der Waals surface area contributed by atoms with E-state index >= 15 is 0 Å². The molecule has 1 N–H and O–H groups in total. The Morgan fingerprint density at radius 3 is 2.52 bits per heavy atom. The molecule has 0 atom stereocenters. The fourth-order valence-electron chi connectivity index (χ4n) is 3.83. The first kappa shape index (κ1) is 21.4. The zero-order valence-electron chi connectivity index (χ0n) is 17.6. The number of amides is 1. The minimum absolute atomic E-state index is 0.287. The van der Waals surface area contributed by atoms with Crippen molar-refractivity contribution in [1.29, 1.82) is 0 Å². The summed E-state index contributed by atoms with van der Waals surface area (Å²) < 4.78 is 5.67. The first-order valence-corrected chi connectivity index (χ1v) is 10.7. The van der Waals surface area contributed by atoms with E-state index in [4.69, 9.17) is 4.74 Å². The largest absolute Gasteiger partial charge is 0.490 e. The summed E-state index contributed by atoms with van der Waals surface area (Å²) in [5.74, 6) is 1.95. The van der Waals surface area contributed by atoms with Gasteiger partial charge in [-0.05, 0) is 25.0 Å². The quantitative estimate of drug-likeness (QED) is 0.436. The van der Waals surface area contributed by atoms with Crippen molar-refractivity contribution in [3.8, 4) is 5.75 Å². The second kappa shape index (κ2) is 11.6. The highest BCUT2D eigenvalue weighted by molar-refractivity contribution is 5.80. The van der Waals surface area contributed by atoms with Gasteiger partial charge in [0.15, 0.2) is 5.96 Å². The molecule has 3 heterocycles. The molecule has 1 aromatic heterocycles. The van der Waals surface area contributed by atoms with E-state index in [0.29, 0.717) is 19.7 Å². The van der Waals surface area contributed by atoms with Crippen LogP contribution in [0.3, 0.4) is 0 Å². The van der Waals surface area contributed by atoms with Crippen LogP contribution in [0.5, 0.6) is 5.75 Å². The second-order valence-electron chi connectivity index (χ2n) is 7.57. The molecule has 0 bridgehead atoms. The number of hydrogen-bond donors (Lipinski definition) is 1. The number of likely N-dealkylation sites (tertiary alicyclic amines) is 1. The lowest BCUT2D eigenvalue weighted by Crippen LogP contribution is -2.54. The Labute approximate surface area is 173 Å². The number of hydrogen-bond acceptors (Lipinski definition) is 5. The number of guanidine groups is 1. The summed E-state index contributed by atoms with van der Waals surface area (Å²) in [5.41, 5.74) is 0. The van der Waals surface area contributed by atoms with E-state index in [2.05, 4.69) is 30.0 Å². The smallest absolute Gasteiger partial charge is 0.236 e. The SMILES string of the molecule is CN=C(NCCOc1cccnc1)N1CCN(CC(=O)N2CCCCCC2)CC1. The van der Waals surface area contributed by atoms with E-state index in [0.717, 1.165) is 63.8 Å². The molecule has 160 valence electrons. The lowest BCUT2D eigenvalue weighted by Gasteiger charge is -2.37. The molecule has 1 aromatic rings. The van der Waals surface area contributed by atoms with Gasteiger partial charge in [-0.3, -0.25) is 19.7 Å². The molecule has 0 spiro atoms. The van der Waals surface area contributed by atoms with Gasteiger partial charge in [-0.25, -0.2) is 0 Å².